The van der Waals surface area contributed by atoms with Gasteiger partial charge in [0.05, 0.1) is 15.7 Å². The Balaban J connectivity index is 1.44. The lowest BCUT2D eigenvalue weighted by Gasteiger charge is -2.20. The second-order valence-electron chi connectivity index (χ2n) is 6.87. The van der Waals surface area contributed by atoms with Gasteiger partial charge in [0.15, 0.2) is 15.8 Å². The van der Waals surface area contributed by atoms with Crippen LogP contribution in [0.3, 0.4) is 0 Å². The highest BCUT2D eigenvalue weighted by Gasteiger charge is 2.25. The number of aromatic nitrogens is 1. The molecule has 0 spiro atoms. The van der Waals surface area contributed by atoms with Gasteiger partial charge in [-0.3, -0.25) is 4.99 Å². The molecule has 0 radical (unpaired) electrons. The third-order valence-electron chi connectivity index (χ3n) is 4.78. The van der Waals surface area contributed by atoms with E-state index in [-0.39, 0.29) is 11.8 Å². The smallest absolute Gasteiger partial charge is 0.191 e. The lowest BCUT2D eigenvalue weighted by Crippen LogP contribution is -2.45. The number of aliphatic imine (C=N–C) groups is 1. The standard InChI is InChI=1S/C20H26ClN5O2S/c1-22-20(24-12-6-14-29(27,28)17-7-3-2-4-8-17)25-16-10-13-26(15-16)19-18(21)9-5-11-23-19/h2-5,7-9,11,16H,6,10,12-15H2,1H3,(H2,22,24,25). The highest BCUT2D eigenvalue weighted by atomic mass is 35.5. The first-order valence-corrected chi connectivity index (χ1v) is 11.6. The predicted molar refractivity (Wildman–Crippen MR) is 117 cm³/mol. The van der Waals surface area contributed by atoms with Crippen LogP contribution in [0.4, 0.5) is 5.82 Å². The molecule has 2 aromatic rings. The molecule has 7 nitrogen and oxygen atoms in total. The van der Waals surface area contributed by atoms with Crippen molar-refractivity contribution in [2.45, 2.75) is 23.8 Å². The first kappa shape index (κ1) is 21.4. The molecule has 1 aromatic carbocycles. The van der Waals surface area contributed by atoms with Crippen molar-refractivity contribution >= 4 is 33.2 Å². The Bertz CT molecular complexity index is 937. The van der Waals surface area contributed by atoms with E-state index in [4.69, 9.17) is 11.6 Å². The van der Waals surface area contributed by atoms with Crippen LogP contribution < -0.4 is 15.5 Å². The average molecular weight is 436 g/mol. The fourth-order valence-corrected chi connectivity index (χ4v) is 4.86. The molecule has 2 heterocycles. The van der Waals surface area contributed by atoms with E-state index in [9.17, 15) is 8.42 Å². The van der Waals surface area contributed by atoms with Crippen molar-refractivity contribution in [1.29, 1.82) is 0 Å². The second kappa shape index (κ2) is 9.93. The topological polar surface area (TPSA) is 86.7 Å². The summed E-state index contributed by atoms with van der Waals surface area (Å²) in [5.74, 6) is 1.56. The summed E-state index contributed by atoms with van der Waals surface area (Å²) < 4.78 is 24.7. The van der Waals surface area contributed by atoms with Gasteiger partial charge in [-0.05, 0) is 37.1 Å². The molecule has 156 valence electrons. The first-order chi connectivity index (χ1) is 14.0. The Kier molecular flexibility index (Phi) is 7.33. The van der Waals surface area contributed by atoms with E-state index in [2.05, 4.69) is 25.5 Å². The quantitative estimate of drug-likeness (QED) is 0.394. The lowest BCUT2D eigenvalue weighted by molar-refractivity contribution is 0.591. The first-order valence-electron chi connectivity index (χ1n) is 9.60. The largest absolute Gasteiger partial charge is 0.356 e. The van der Waals surface area contributed by atoms with Crippen LogP contribution in [0.5, 0.6) is 0 Å². The van der Waals surface area contributed by atoms with E-state index in [0.717, 1.165) is 25.3 Å². The summed E-state index contributed by atoms with van der Waals surface area (Å²) in [6.45, 7) is 2.16. The van der Waals surface area contributed by atoms with E-state index >= 15 is 0 Å². The normalized spacial score (nSPS) is 17.4. The average Bonchev–Trinajstić information content (AvgIpc) is 3.19. The van der Waals surface area contributed by atoms with Crippen LogP contribution in [0.2, 0.25) is 5.02 Å². The van der Waals surface area contributed by atoms with E-state index < -0.39 is 9.84 Å². The molecular formula is C20H26ClN5O2S. The maximum absolute atomic E-state index is 12.3. The van der Waals surface area contributed by atoms with Crippen LogP contribution in [0.25, 0.3) is 0 Å². The van der Waals surface area contributed by atoms with Gasteiger partial charge in [-0.2, -0.15) is 0 Å². The van der Waals surface area contributed by atoms with E-state index in [1.807, 2.05) is 18.2 Å². The fourth-order valence-electron chi connectivity index (χ4n) is 3.28. The minimum absolute atomic E-state index is 0.0936. The summed E-state index contributed by atoms with van der Waals surface area (Å²) in [5.41, 5.74) is 0. The minimum Gasteiger partial charge on any atom is -0.356 e. The van der Waals surface area contributed by atoms with Gasteiger partial charge in [-0.15, -0.1) is 0 Å². The summed E-state index contributed by atoms with van der Waals surface area (Å²) in [4.78, 5) is 11.1. The van der Waals surface area contributed by atoms with Gasteiger partial charge >= 0.3 is 0 Å². The van der Waals surface area contributed by atoms with Gasteiger partial charge in [0.25, 0.3) is 0 Å². The van der Waals surface area contributed by atoms with Crippen molar-refractivity contribution in [3.63, 3.8) is 0 Å². The van der Waals surface area contributed by atoms with Gasteiger partial charge in [0.1, 0.15) is 5.82 Å². The van der Waals surface area contributed by atoms with Crippen LogP contribution >= 0.6 is 11.6 Å². The number of nitrogens with zero attached hydrogens (tertiary/aromatic N) is 3. The highest BCUT2D eigenvalue weighted by Crippen LogP contribution is 2.25. The molecule has 3 rings (SSSR count). The Morgan fingerprint density at radius 3 is 2.79 bits per heavy atom. The number of benzene rings is 1. The zero-order chi connectivity index (χ0) is 20.7. The third kappa shape index (κ3) is 5.83. The molecule has 29 heavy (non-hydrogen) atoms. The Labute approximate surface area is 177 Å². The summed E-state index contributed by atoms with van der Waals surface area (Å²) in [7, 11) is -1.55. The fraction of sp³-hybridized carbons (Fsp3) is 0.400. The van der Waals surface area contributed by atoms with E-state index in [0.29, 0.717) is 28.8 Å². The number of sulfone groups is 1. The van der Waals surface area contributed by atoms with Crippen molar-refractivity contribution in [3.05, 3.63) is 53.7 Å². The molecule has 1 unspecified atom stereocenters. The Morgan fingerprint density at radius 1 is 1.28 bits per heavy atom. The molecule has 9 heteroatoms. The molecule has 2 N–H and O–H groups in total. The molecular weight excluding hydrogens is 410 g/mol. The van der Waals surface area contributed by atoms with Crippen LogP contribution in [-0.2, 0) is 9.84 Å². The summed E-state index contributed by atoms with van der Waals surface area (Å²) in [6.07, 6.45) is 3.18. The van der Waals surface area contributed by atoms with Gasteiger partial charge in [0.2, 0.25) is 0 Å². The number of halogens is 1. The van der Waals surface area contributed by atoms with E-state index in [1.54, 1.807) is 37.5 Å². The SMILES string of the molecule is CN=C(NCCCS(=O)(=O)c1ccccc1)NC1CCN(c2ncccc2Cl)C1. The maximum atomic E-state index is 12.3. The Morgan fingerprint density at radius 2 is 2.07 bits per heavy atom. The third-order valence-corrected chi connectivity index (χ3v) is 6.89. The van der Waals surface area contributed by atoms with Crippen molar-refractivity contribution in [2.24, 2.45) is 4.99 Å². The molecule has 1 saturated heterocycles. The van der Waals surface area contributed by atoms with Crippen molar-refractivity contribution < 1.29 is 8.42 Å². The van der Waals surface area contributed by atoms with Gasteiger partial charge in [-0.1, -0.05) is 29.8 Å². The molecule has 0 aliphatic carbocycles. The number of hydrogen-bond acceptors (Lipinski definition) is 5. The molecule has 1 aromatic heterocycles. The summed E-state index contributed by atoms with van der Waals surface area (Å²) in [6, 6.07) is 12.4. The van der Waals surface area contributed by atoms with Gasteiger partial charge < -0.3 is 15.5 Å². The minimum atomic E-state index is -3.26. The predicted octanol–water partition coefficient (Wildman–Crippen LogP) is 2.34. The second-order valence-corrected chi connectivity index (χ2v) is 9.39. The van der Waals surface area contributed by atoms with Gasteiger partial charge in [0, 0.05) is 38.9 Å². The number of pyridine rings is 1. The maximum Gasteiger partial charge on any atom is 0.191 e. The zero-order valence-corrected chi connectivity index (χ0v) is 18.0. The molecule has 0 amide bonds. The molecule has 1 atom stereocenters. The zero-order valence-electron chi connectivity index (χ0n) is 16.4. The van der Waals surface area contributed by atoms with Crippen molar-refractivity contribution in [3.8, 4) is 0 Å². The molecule has 0 saturated carbocycles. The highest BCUT2D eigenvalue weighted by molar-refractivity contribution is 7.91. The number of guanidine groups is 1. The molecule has 1 aliphatic heterocycles. The number of anilines is 1. The van der Waals surface area contributed by atoms with Crippen LogP contribution in [-0.4, -0.2) is 57.8 Å². The molecule has 1 fully saturated rings. The Hall–Kier alpha value is -2.32. The van der Waals surface area contributed by atoms with Crippen molar-refractivity contribution in [2.75, 3.05) is 37.3 Å². The van der Waals surface area contributed by atoms with Crippen molar-refractivity contribution in [1.82, 2.24) is 15.6 Å². The van der Waals surface area contributed by atoms with Crippen LogP contribution in [0.1, 0.15) is 12.8 Å². The number of rotatable bonds is 7. The van der Waals surface area contributed by atoms with Crippen LogP contribution in [0, 0.1) is 0 Å². The number of hydrogen-bond donors (Lipinski definition) is 2. The van der Waals surface area contributed by atoms with Gasteiger partial charge in [-0.25, -0.2) is 13.4 Å². The summed E-state index contributed by atoms with van der Waals surface area (Å²) >= 11 is 6.24. The lowest BCUT2D eigenvalue weighted by atomic mass is 10.3. The number of nitrogens with one attached hydrogen (secondary N) is 2. The molecule has 1 aliphatic rings. The molecule has 0 bridgehead atoms. The summed E-state index contributed by atoms with van der Waals surface area (Å²) in [5, 5.41) is 7.24. The van der Waals surface area contributed by atoms with E-state index in [1.165, 1.54) is 0 Å². The van der Waals surface area contributed by atoms with Crippen LogP contribution in [0.15, 0.2) is 58.5 Å². The monoisotopic (exact) mass is 435 g/mol.